The summed E-state index contributed by atoms with van der Waals surface area (Å²) in [4.78, 5) is 14.0. The first-order valence-corrected chi connectivity index (χ1v) is 6.25. The molecule has 1 amide bonds. The number of rotatable bonds is 6. The van der Waals surface area contributed by atoms with Gasteiger partial charge in [-0.15, -0.1) is 0 Å². The number of hydrogen-bond acceptors (Lipinski definition) is 2. The van der Waals surface area contributed by atoms with Crippen molar-refractivity contribution in [2.75, 3.05) is 13.1 Å². The predicted octanol–water partition coefficient (Wildman–Crippen LogP) is 1.37. The standard InChI is InChI=1S/C12H22N2O/c1-2-11(13)12(15)14(7-9-3-4-9)8-10-5-6-10/h9-11H,2-8,13H2,1H3/t11-/m1/s1. The van der Waals surface area contributed by atoms with Crippen LogP contribution >= 0.6 is 0 Å². The summed E-state index contributed by atoms with van der Waals surface area (Å²) in [6, 6.07) is -0.275. The number of nitrogens with two attached hydrogens (primary N) is 1. The third kappa shape index (κ3) is 3.20. The van der Waals surface area contributed by atoms with Crippen LogP contribution in [-0.4, -0.2) is 29.9 Å². The van der Waals surface area contributed by atoms with E-state index in [0.717, 1.165) is 31.3 Å². The van der Waals surface area contributed by atoms with Gasteiger partial charge in [-0.1, -0.05) is 6.92 Å². The Morgan fingerprint density at radius 3 is 2.07 bits per heavy atom. The Hall–Kier alpha value is -0.570. The van der Waals surface area contributed by atoms with E-state index in [4.69, 9.17) is 5.73 Å². The van der Waals surface area contributed by atoms with Crippen LogP contribution in [0.5, 0.6) is 0 Å². The summed E-state index contributed by atoms with van der Waals surface area (Å²) in [7, 11) is 0. The molecule has 3 heteroatoms. The van der Waals surface area contributed by atoms with Gasteiger partial charge in [0.1, 0.15) is 0 Å². The molecular weight excluding hydrogens is 188 g/mol. The maximum atomic E-state index is 12.0. The lowest BCUT2D eigenvalue weighted by Crippen LogP contribution is -2.45. The Kier molecular flexibility index (Phi) is 3.29. The van der Waals surface area contributed by atoms with Gasteiger partial charge in [0.05, 0.1) is 6.04 Å². The van der Waals surface area contributed by atoms with Crippen molar-refractivity contribution in [2.45, 2.75) is 45.1 Å². The molecule has 15 heavy (non-hydrogen) atoms. The monoisotopic (exact) mass is 210 g/mol. The lowest BCUT2D eigenvalue weighted by atomic mass is 10.2. The number of carbonyl (C=O) groups excluding carboxylic acids is 1. The smallest absolute Gasteiger partial charge is 0.239 e. The maximum Gasteiger partial charge on any atom is 0.239 e. The number of hydrogen-bond donors (Lipinski definition) is 1. The summed E-state index contributed by atoms with van der Waals surface area (Å²) in [6.07, 6.45) is 5.96. The van der Waals surface area contributed by atoms with E-state index in [2.05, 4.69) is 0 Å². The van der Waals surface area contributed by atoms with Crippen molar-refractivity contribution < 1.29 is 4.79 Å². The van der Waals surface area contributed by atoms with E-state index in [1.807, 2.05) is 11.8 Å². The van der Waals surface area contributed by atoms with Gasteiger partial charge in [0.15, 0.2) is 0 Å². The first-order valence-electron chi connectivity index (χ1n) is 6.25. The zero-order chi connectivity index (χ0) is 10.8. The van der Waals surface area contributed by atoms with E-state index < -0.39 is 0 Å². The molecule has 0 aromatic rings. The van der Waals surface area contributed by atoms with Crippen LogP contribution in [0.4, 0.5) is 0 Å². The third-order valence-electron chi connectivity index (χ3n) is 3.42. The minimum absolute atomic E-state index is 0.177. The van der Waals surface area contributed by atoms with Crippen LogP contribution in [0, 0.1) is 11.8 Å². The number of amides is 1. The average molecular weight is 210 g/mol. The molecule has 2 rings (SSSR count). The average Bonchev–Trinajstić information content (AvgIpc) is 3.08. The van der Waals surface area contributed by atoms with Crippen LogP contribution in [-0.2, 0) is 4.79 Å². The summed E-state index contributed by atoms with van der Waals surface area (Å²) in [5, 5.41) is 0. The van der Waals surface area contributed by atoms with Crippen LogP contribution in [0.1, 0.15) is 39.0 Å². The molecule has 2 N–H and O–H groups in total. The van der Waals surface area contributed by atoms with Gasteiger partial charge in [-0.05, 0) is 43.9 Å². The van der Waals surface area contributed by atoms with Gasteiger partial charge in [0, 0.05) is 13.1 Å². The Bertz CT molecular complexity index is 220. The fourth-order valence-corrected chi connectivity index (χ4v) is 1.89. The second-order valence-electron chi connectivity index (χ2n) is 5.14. The zero-order valence-corrected chi connectivity index (χ0v) is 9.61. The van der Waals surface area contributed by atoms with Gasteiger partial charge >= 0.3 is 0 Å². The molecule has 0 bridgehead atoms. The van der Waals surface area contributed by atoms with E-state index in [-0.39, 0.29) is 11.9 Å². The van der Waals surface area contributed by atoms with E-state index in [0.29, 0.717) is 0 Å². The second-order valence-corrected chi connectivity index (χ2v) is 5.14. The van der Waals surface area contributed by atoms with Crippen molar-refractivity contribution in [3.05, 3.63) is 0 Å². The summed E-state index contributed by atoms with van der Waals surface area (Å²) >= 11 is 0. The Morgan fingerprint density at radius 1 is 1.27 bits per heavy atom. The largest absolute Gasteiger partial charge is 0.341 e. The quantitative estimate of drug-likeness (QED) is 0.719. The lowest BCUT2D eigenvalue weighted by molar-refractivity contribution is -0.133. The Balaban J connectivity index is 1.86. The van der Waals surface area contributed by atoms with Crippen molar-refractivity contribution in [3.8, 4) is 0 Å². The normalized spacial score (nSPS) is 22.5. The fourth-order valence-electron chi connectivity index (χ4n) is 1.89. The summed E-state index contributed by atoms with van der Waals surface area (Å²) in [5.74, 6) is 1.73. The number of nitrogens with zero attached hydrogens (tertiary/aromatic N) is 1. The second kappa shape index (κ2) is 4.52. The molecule has 0 heterocycles. The Morgan fingerprint density at radius 2 is 1.73 bits per heavy atom. The molecule has 2 saturated carbocycles. The van der Waals surface area contributed by atoms with E-state index in [1.54, 1.807) is 0 Å². The molecule has 0 aromatic carbocycles. The van der Waals surface area contributed by atoms with Gasteiger partial charge in [-0.2, -0.15) is 0 Å². The van der Waals surface area contributed by atoms with Gasteiger partial charge in [-0.25, -0.2) is 0 Å². The van der Waals surface area contributed by atoms with Crippen molar-refractivity contribution >= 4 is 5.91 Å². The molecule has 0 radical (unpaired) electrons. The molecule has 0 aliphatic heterocycles. The number of carbonyl (C=O) groups is 1. The predicted molar refractivity (Wildman–Crippen MR) is 60.3 cm³/mol. The highest BCUT2D eigenvalue weighted by Crippen LogP contribution is 2.33. The molecule has 2 aliphatic rings. The molecule has 2 fully saturated rings. The van der Waals surface area contributed by atoms with Crippen molar-refractivity contribution in [1.29, 1.82) is 0 Å². The zero-order valence-electron chi connectivity index (χ0n) is 9.61. The molecule has 1 atom stereocenters. The molecule has 3 nitrogen and oxygen atoms in total. The Labute approximate surface area is 92.0 Å². The van der Waals surface area contributed by atoms with Crippen LogP contribution in [0.15, 0.2) is 0 Å². The highest BCUT2D eigenvalue weighted by molar-refractivity contribution is 5.81. The molecule has 0 unspecified atom stereocenters. The minimum atomic E-state index is -0.275. The van der Waals surface area contributed by atoms with Crippen LogP contribution in [0.2, 0.25) is 0 Å². The summed E-state index contributed by atoms with van der Waals surface area (Å²) < 4.78 is 0. The summed E-state index contributed by atoms with van der Waals surface area (Å²) in [6.45, 7) is 3.90. The minimum Gasteiger partial charge on any atom is -0.341 e. The highest BCUT2D eigenvalue weighted by atomic mass is 16.2. The van der Waals surface area contributed by atoms with Crippen molar-refractivity contribution in [1.82, 2.24) is 4.90 Å². The summed E-state index contributed by atoms with van der Waals surface area (Å²) in [5.41, 5.74) is 5.82. The molecular formula is C12H22N2O. The van der Waals surface area contributed by atoms with Gasteiger partial charge < -0.3 is 10.6 Å². The van der Waals surface area contributed by atoms with Gasteiger partial charge in [-0.3, -0.25) is 4.79 Å². The van der Waals surface area contributed by atoms with Crippen LogP contribution in [0.3, 0.4) is 0 Å². The van der Waals surface area contributed by atoms with E-state index >= 15 is 0 Å². The third-order valence-corrected chi connectivity index (χ3v) is 3.42. The lowest BCUT2D eigenvalue weighted by Gasteiger charge is -2.25. The molecule has 2 aliphatic carbocycles. The SMILES string of the molecule is CC[C@@H](N)C(=O)N(CC1CC1)CC1CC1. The molecule has 86 valence electrons. The highest BCUT2D eigenvalue weighted by Gasteiger charge is 2.32. The topological polar surface area (TPSA) is 46.3 Å². The first kappa shape index (κ1) is 10.9. The van der Waals surface area contributed by atoms with E-state index in [1.165, 1.54) is 25.7 Å². The van der Waals surface area contributed by atoms with Gasteiger partial charge in [0.2, 0.25) is 5.91 Å². The molecule has 0 aromatic heterocycles. The van der Waals surface area contributed by atoms with Crippen molar-refractivity contribution in [2.24, 2.45) is 17.6 Å². The first-order chi connectivity index (χ1) is 7.20. The molecule has 0 saturated heterocycles. The van der Waals surface area contributed by atoms with Crippen molar-refractivity contribution in [3.63, 3.8) is 0 Å². The van der Waals surface area contributed by atoms with Gasteiger partial charge in [0.25, 0.3) is 0 Å². The van der Waals surface area contributed by atoms with E-state index in [9.17, 15) is 4.79 Å². The van der Waals surface area contributed by atoms with Crippen LogP contribution < -0.4 is 5.73 Å². The maximum absolute atomic E-state index is 12.0. The molecule has 0 spiro atoms. The fraction of sp³-hybridized carbons (Fsp3) is 0.917. The van der Waals surface area contributed by atoms with Crippen LogP contribution in [0.25, 0.3) is 0 Å².